The van der Waals surface area contributed by atoms with E-state index in [-0.39, 0.29) is 0 Å². The Morgan fingerprint density at radius 3 is 2.84 bits per heavy atom. The summed E-state index contributed by atoms with van der Waals surface area (Å²) in [5, 5.41) is 4.30. The Bertz CT molecular complexity index is 355. The number of nitrogens with zero attached hydrogens (tertiary/aromatic N) is 1. The zero-order valence-corrected chi connectivity index (χ0v) is 13.0. The third kappa shape index (κ3) is 4.51. The molecule has 1 aliphatic heterocycles. The van der Waals surface area contributed by atoms with E-state index in [4.69, 9.17) is 0 Å². The molecule has 2 rings (SSSR count). The van der Waals surface area contributed by atoms with Gasteiger partial charge in [0, 0.05) is 36.7 Å². The van der Waals surface area contributed by atoms with Crippen LogP contribution in [0.1, 0.15) is 31.4 Å². The first-order valence-corrected chi connectivity index (χ1v) is 8.44. The molecular formula is C16H26N2S. The van der Waals surface area contributed by atoms with E-state index in [1.54, 1.807) is 0 Å². The van der Waals surface area contributed by atoms with Gasteiger partial charge in [0.1, 0.15) is 0 Å². The summed E-state index contributed by atoms with van der Waals surface area (Å²) in [4.78, 5) is 2.64. The highest BCUT2D eigenvalue weighted by Gasteiger charge is 2.19. The van der Waals surface area contributed by atoms with Crippen molar-refractivity contribution in [2.24, 2.45) is 0 Å². The van der Waals surface area contributed by atoms with Crippen LogP contribution in [0.15, 0.2) is 30.3 Å². The fourth-order valence-electron chi connectivity index (χ4n) is 2.71. The number of hydrogen-bond donors (Lipinski definition) is 1. The van der Waals surface area contributed by atoms with Gasteiger partial charge in [-0.15, -0.1) is 0 Å². The predicted octanol–water partition coefficient (Wildman–Crippen LogP) is 3.16. The fourth-order valence-corrected chi connectivity index (χ4v) is 3.95. The summed E-state index contributed by atoms with van der Waals surface area (Å²) >= 11 is 2.15. The van der Waals surface area contributed by atoms with Gasteiger partial charge >= 0.3 is 0 Å². The van der Waals surface area contributed by atoms with Gasteiger partial charge in [0.25, 0.3) is 0 Å². The Balaban J connectivity index is 1.83. The molecular weight excluding hydrogens is 252 g/mol. The summed E-state index contributed by atoms with van der Waals surface area (Å²) in [6.45, 7) is 6.04. The Hall–Kier alpha value is -0.510. The largest absolute Gasteiger partial charge is 0.313 e. The Labute approximate surface area is 122 Å². The normalized spacial score (nSPS) is 22.3. The lowest BCUT2D eigenvalue weighted by Crippen LogP contribution is -2.39. The van der Waals surface area contributed by atoms with Crippen LogP contribution in [0, 0.1) is 0 Å². The zero-order chi connectivity index (χ0) is 13.5. The van der Waals surface area contributed by atoms with Gasteiger partial charge in [-0.3, -0.25) is 0 Å². The van der Waals surface area contributed by atoms with Crippen LogP contribution in [-0.2, 0) is 0 Å². The Morgan fingerprint density at radius 2 is 2.16 bits per heavy atom. The molecule has 2 atom stereocenters. The van der Waals surface area contributed by atoms with Crippen LogP contribution in [0.2, 0.25) is 0 Å². The molecule has 1 saturated heterocycles. The van der Waals surface area contributed by atoms with E-state index in [0.717, 1.165) is 5.25 Å². The van der Waals surface area contributed by atoms with E-state index >= 15 is 0 Å². The second kappa shape index (κ2) is 7.93. The average molecular weight is 278 g/mol. The van der Waals surface area contributed by atoms with Crippen LogP contribution in [-0.4, -0.2) is 42.6 Å². The third-order valence-corrected chi connectivity index (χ3v) is 5.33. The molecule has 1 fully saturated rings. The first kappa shape index (κ1) is 14.9. The van der Waals surface area contributed by atoms with E-state index in [0.29, 0.717) is 6.04 Å². The molecule has 3 heteroatoms. The molecule has 1 aromatic rings. The number of rotatable bonds is 6. The molecule has 0 aromatic heterocycles. The summed E-state index contributed by atoms with van der Waals surface area (Å²) in [7, 11) is 2.07. The van der Waals surface area contributed by atoms with Crippen molar-refractivity contribution in [2.45, 2.75) is 31.1 Å². The van der Waals surface area contributed by atoms with Crippen molar-refractivity contribution in [1.82, 2.24) is 10.2 Å². The predicted molar refractivity (Wildman–Crippen MR) is 85.8 cm³/mol. The number of nitrogens with one attached hydrogen (secondary N) is 1. The van der Waals surface area contributed by atoms with E-state index in [2.05, 4.69) is 66.3 Å². The van der Waals surface area contributed by atoms with E-state index in [1.165, 1.54) is 43.8 Å². The van der Waals surface area contributed by atoms with Gasteiger partial charge in [0.2, 0.25) is 0 Å². The van der Waals surface area contributed by atoms with Crippen LogP contribution in [0.25, 0.3) is 0 Å². The minimum absolute atomic E-state index is 0.482. The lowest BCUT2D eigenvalue weighted by Gasteiger charge is -2.32. The summed E-state index contributed by atoms with van der Waals surface area (Å²) in [5.41, 5.74) is 1.41. The second-order valence-electron chi connectivity index (χ2n) is 5.24. The summed E-state index contributed by atoms with van der Waals surface area (Å²) in [6, 6.07) is 11.3. The summed E-state index contributed by atoms with van der Waals surface area (Å²) in [6.07, 6.45) is 2.50. The number of benzene rings is 1. The maximum absolute atomic E-state index is 3.45. The molecule has 106 valence electrons. The fraction of sp³-hybridized carbons (Fsp3) is 0.625. The van der Waals surface area contributed by atoms with E-state index < -0.39 is 0 Å². The van der Waals surface area contributed by atoms with Crippen LogP contribution in [0.4, 0.5) is 0 Å². The highest BCUT2D eigenvalue weighted by molar-refractivity contribution is 8.00. The van der Waals surface area contributed by atoms with Crippen LogP contribution < -0.4 is 5.32 Å². The first-order chi connectivity index (χ1) is 9.33. The highest BCUT2D eigenvalue weighted by atomic mass is 32.2. The van der Waals surface area contributed by atoms with Crippen molar-refractivity contribution in [2.75, 3.05) is 32.4 Å². The molecule has 2 nitrogen and oxygen atoms in total. The van der Waals surface area contributed by atoms with Gasteiger partial charge in [0.05, 0.1) is 0 Å². The highest BCUT2D eigenvalue weighted by Crippen LogP contribution is 2.23. The maximum atomic E-state index is 3.45. The molecule has 1 aromatic carbocycles. The van der Waals surface area contributed by atoms with Crippen molar-refractivity contribution in [1.29, 1.82) is 0 Å². The topological polar surface area (TPSA) is 15.3 Å². The summed E-state index contributed by atoms with van der Waals surface area (Å²) < 4.78 is 0. The van der Waals surface area contributed by atoms with Crippen molar-refractivity contribution >= 4 is 11.8 Å². The molecule has 2 unspecified atom stereocenters. The van der Waals surface area contributed by atoms with Crippen LogP contribution in [0.3, 0.4) is 0 Å². The average Bonchev–Trinajstić information content (AvgIpc) is 2.49. The molecule has 1 N–H and O–H groups in total. The minimum atomic E-state index is 0.482. The molecule has 1 aliphatic rings. The van der Waals surface area contributed by atoms with Gasteiger partial charge < -0.3 is 10.2 Å². The molecule has 0 aliphatic carbocycles. The standard InChI is InChI=1S/C16H26N2S/c1-3-15-13-18(11-12-19-15)10-9-16(17-2)14-7-5-4-6-8-14/h4-8,15-17H,3,9-13H2,1-2H3. The van der Waals surface area contributed by atoms with Crippen molar-refractivity contribution in [3.63, 3.8) is 0 Å². The molecule has 0 radical (unpaired) electrons. The lowest BCUT2D eigenvalue weighted by atomic mass is 10.0. The van der Waals surface area contributed by atoms with Crippen LogP contribution >= 0.6 is 11.8 Å². The van der Waals surface area contributed by atoms with Crippen LogP contribution in [0.5, 0.6) is 0 Å². The van der Waals surface area contributed by atoms with E-state index in [9.17, 15) is 0 Å². The molecule has 19 heavy (non-hydrogen) atoms. The molecule has 0 bridgehead atoms. The van der Waals surface area contributed by atoms with Gasteiger partial charge in [-0.1, -0.05) is 37.3 Å². The quantitative estimate of drug-likeness (QED) is 0.860. The molecule has 0 amide bonds. The van der Waals surface area contributed by atoms with E-state index in [1.807, 2.05) is 0 Å². The molecule has 1 heterocycles. The first-order valence-electron chi connectivity index (χ1n) is 7.39. The SMILES string of the molecule is CCC1CN(CCC(NC)c2ccccc2)CCS1. The third-order valence-electron chi connectivity index (χ3n) is 3.96. The zero-order valence-electron chi connectivity index (χ0n) is 12.1. The minimum Gasteiger partial charge on any atom is -0.313 e. The smallest absolute Gasteiger partial charge is 0.0329 e. The van der Waals surface area contributed by atoms with Gasteiger partial charge in [0.15, 0.2) is 0 Å². The van der Waals surface area contributed by atoms with Gasteiger partial charge in [-0.25, -0.2) is 0 Å². The molecule has 0 saturated carbocycles. The molecule has 0 spiro atoms. The summed E-state index contributed by atoms with van der Waals surface area (Å²) in [5.74, 6) is 1.30. The van der Waals surface area contributed by atoms with Gasteiger partial charge in [-0.2, -0.15) is 11.8 Å². The lowest BCUT2D eigenvalue weighted by molar-refractivity contribution is 0.265. The number of thioether (sulfide) groups is 1. The number of hydrogen-bond acceptors (Lipinski definition) is 3. The van der Waals surface area contributed by atoms with Crippen molar-refractivity contribution in [3.05, 3.63) is 35.9 Å². The van der Waals surface area contributed by atoms with Gasteiger partial charge in [-0.05, 0) is 25.5 Å². The second-order valence-corrected chi connectivity index (χ2v) is 6.65. The monoisotopic (exact) mass is 278 g/mol. The maximum Gasteiger partial charge on any atom is 0.0329 e. The van der Waals surface area contributed by atoms with Crippen molar-refractivity contribution in [3.8, 4) is 0 Å². The Morgan fingerprint density at radius 1 is 1.37 bits per heavy atom. The van der Waals surface area contributed by atoms with Crippen molar-refractivity contribution < 1.29 is 0 Å². The Kier molecular flexibility index (Phi) is 6.21.